The smallest absolute Gasteiger partial charge is 0.239 e. The van der Waals surface area contributed by atoms with E-state index in [0.29, 0.717) is 10.7 Å². The average molecular weight is 452 g/mol. The number of rotatable bonds is 7. The first kappa shape index (κ1) is 22.3. The standard InChI is InChI=1S/C20H23Cl2N5O3/c1-26(13-19(29)25-20-17(22)10-14(21)11-23-20)12-18(28)24-15-2-4-16(5-3-15)27-6-8-30-9-7-27/h2-5,10-11H,6-9,12-13H2,1H3,(H,24,28)(H,23,25,29). The zero-order valence-corrected chi connectivity index (χ0v) is 18.0. The summed E-state index contributed by atoms with van der Waals surface area (Å²) in [6, 6.07) is 9.17. The number of carbonyl (C=O) groups is 2. The molecule has 0 saturated carbocycles. The van der Waals surface area contributed by atoms with Crippen LogP contribution in [0, 0.1) is 0 Å². The fourth-order valence-corrected chi connectivity index (χ4v) is 3.43. The third kappa shape index (κ3) is 6.56. The number of halogens is 2. The molecule has 1 aromatic carbocycles. The van der Waals surface area contributed by atoms with Crippen molar-refractivity contribution in [1.82, 2.24) is 9.88 Å². The van der Waals surface area contributed by atoms with Crippen molar-refractivity contribution in [3.05, 3.63) is 46.6 Å². The van der Waals surface area contributed by atoms with Crippen LogP contribution in [0.15, 0.2) is 36.5 Å². The topological polar surface area (TPSA) is 86.8 Å². The molecule has 160 valence electrons. The molecule has 0 atom stereocenters. The van der Waals surface area contributed by atoms with Crippen LogP contribution in [0.2, 0.25) is 10.0 Å². The maximum absolute atomic E-state index is 12.3. The van der Waals surface area contributed by atoms with Crippen LogP contribution in [0.1, 0.15) is 0 Å². The predicted molar refractivity (Wildman–Crippen MR) is 118 cm³/mol. The Kier molecular flexibility index (Phi) is 7.87. The Balaban J connectivity index is 1.45. The Bertz CT molecular complexity index is 889. The van der Waals surface area contributed by atoms with Crippen LogP contribution in [0.3, 0.4) is 0 Å². The maximum atomic E-state index is 12.3. The highest BCUT2D eigenvalue weighted by molar-refractivity contribution is 6.36. The number of carbonyl (C=O) groups excluding carboxylic acids is 2. The zero-order chi connectivity index (χ0) is 21.5. The summed E-state index contributed by atoms with van der Waals surface area (Å²) < 4.78 is 5.36. The Labute approximate surface area is 185 Å². The van der Waals surface area contributed by atoms with Gasteiger partial charge in [0.25, 0.3) is 0 Å². The number of pyridine rings is 1. The van der Waals surface area contributed by atoms with Crippen molar-refractivity contribution < 1.29 is 14.3 Å². The van der Waals surface area contributed by atoms with Gasteiger partial charge in [0.15, 0.2) is 5.82 Å². The number of anilines is 3. The molecular formula is C20H23Cl2N5O3. The van der Waals surface area contributed by atoms with E-state index < -0.39 is 0 Å². The van der Waals surface area contributed by atoms with Crippen LogP contribution in [0.4, 0.5) is 17.2 Å². The van der Waals surface area contributed by atoms with Gasteiger partial charge in [0.05, 0.1) is 36.3 Å². The number of likely N-dealkylation sites (N-methyl/N-ethyl adjacent to an activating group) is 1. The molecule has 0 unspecified atom stereocenters. The van der Waals surface area contributed by atoms with Gasteiger partial charge in [0.2, 0.25) is 11.8 Å². The molecule has 0 bridgehead atoms. The van der Waals surface area contributed by atoms with Crippen LogP contribution in [-0.2, 0) is 14.3 Å². The summed E-state index contributed by atoms with van der Waals surface area (Å²) in [7, 11) is 1.68. The minimum Gasteiger partial charge on any atom is -0.378 e. The summed E-state index contributed by atoms with van der Waals surface area (Å²) in [6.45, 7) is 3.21. The minimum absolute atomic E-state index is 0.00399. The van der Waals surface area contributed by atoms with Crippen molar-refractivity contribution in [2.24, 2.45) is 0 Å². The van der Waals surface area contributed by atoms with E-state index in [9.17, 15) is 9.59 Å². The average Bonchev–Trinajstić information content (AvgIpc) is 2.71. The molecule has 3 rings (SSSR count). The normalized spacial score (nSPS) is 13.9. The molecule has 1 aliphatic rings. The third-order valence-corrected chi connectivity index (χ3v) is 4.91. The molecule has 2 heterocycles. The summed E-state index contributed by atoms with van der Waals surface area (Å²) in [6.07, 6.45) is 1.39. The lowest BCUT2D eigenvalue weighted by molar-refractivity contribution is -0.119. The van der Waals surface area contributed by atoms with E-state index in [1.54, 1.807) is 11.9 Å². The molecule has 0 aliphatic carbocycles. The third-order valence-electron chi connectivity index (χ3n) is 4.42. The number of hydrogen-bond donors (Lipinski definition) is 2. The Hall–Kier alpha value is -2.39. The second kappa shape index (κ2) is 10.6. The van der Waals surface area contributed by atoms with E-state index in [1.165, 1.54) is 12.3 Å². The van der Waals surface area contributed by atoms with Gasteiger partial charge in [-0.15, -0.1) is 0 Å². The number of amides is 2. The van der Waals surface area contributed by atoms with Crippen molar-refractivity contribution in [3.63, 3.8) is 0 Å². The van der Waals surface area contributed by atoms with Gasteiger partial charge in [0.1, 0.15) is 0 Å². The fourth-order valence-electron chi connectivity index (χ4n) is 3.00. The number of ether oxygens (including phenoxy) is 1. The molecule has 1 fully saturated rings. The molecule has 1 aromatic heterocycles. The SMILES string of the molecule is CN(CC(=O)Nc1ccc(N2CCOCC2)cc1)CC(=O)Nc1ncc(Cl)cc1Cl. The fraction of sp³-hybridized carbons (Fsp3) is 0.350. The lowest BCUT2D eigenvalue weighted by atomic mass is 10.2. The summed E-state index contributed by atoms with van der Waals surface area (Å²) in [4.78, 5) is 32.3. The summed E-state index contributed by atoms with van der Waals surface area (Å²) in [5, 5.41) is 6.07. The van der Waals surface area contributed by atoms with Crippen molar-refractivity contribution >= 4 is 52.2 Å². The van der Waals surface area contributed by atoms with Gasteiger partial charge in [0, 0.05) is 30.7 Å². The first-order chi connectivity index (χ1) is 14.4. The summed E-state index contributed by atoms with van der Waals surface area (Å²) >= 11 is 11.8. The van der Waals surface area contributed by atoms with Gasteiger partial charge >= 0.3 is 0 Å². The monoisotopic (exact) mass is 451 g/mol. The number of benzene rings is 1. The van der Waals surface area contributed by atoms with E-state index in [2.05, 4.69) is 20.5 Å². The van der Waals surface area contributed by atoms with E-state index in [0.717, 1.165) is 32.0 Å². The number of nitrogens with zero attached hydrogens (tertiary/aromatic N) is 3. The predicted octanol–water partition coefficient (Wildman–Crippen LogP) is 2.73. The Morgan fingerprint density at radius 2 is 1.73 bits per heavy atom. The van der Waals surface area contributed by atoms with Crippen LogP contribution < -0.4 is 15.5 Å². The minimum atomic E-state index is -0.336. The highest BCUT2D eigenvalue weighted by Crippen LogP contribution is 2.22. The molecular weight excluding hydrogens is 429 g/mol. The van der Waals surface area contributed by atoms with Crippen molar-refractivity contribution in [2.45, 2.75) is 0 Å². The molecule has 1 aliphatic heterocycles. The second-order valence-electron chi connectivity index (χ2n) is 6.90. The van der Waals surface area contributed by atoms with Gasteiger partial charge in [-0.05, 0) is 37.4 Å². The number of morpholine rings is 1. The molecule has 1 saturated heterocycles. The van der Waals surface area contributed by atoms with E-state index in [1.807, 2.05) is 24.3 Å². The highest BCUT2D eigenvalue weighted by atomic mass is 35.5. The molecule has 2 N–H and O–H groups in total. The summed E-state index contributed by atoms with van der Waals surface area (Å²) in [5.74, 6) is -0.326. The first-order valence-electron chi connectivity index (χ1n) is 9.43. The van der Waals surface area contributed by atoms with Gasteiger partial charge in [-0.25, -0.2) is 4.98 Å². The quantitative estimate of drug-likeness (QED) is 0.672. The van der Waals surface area contributed by atoms with E-state index in [4.69, 9.17) is 27.9 Å². The van der Waals surface area contributed by atoms with Gasteiger partial charge < -0.3 is 20.3 Å². The van der Waals surface area contributed by atoms with Crippen molar-refractivity contribution in [2.75, 3.05) is 62.0 Å². The lowest BCUT2D eigenvalue weighted by Crippen LogP contribution is -2.36. The van der Waals surface area contributed by atoms with Gasteiger partial charge in [-0.1, -0.05) is 23.2 Å². The highest BCUT2D eigenvalue weighted by Gasteiger charge is 2.14. The van der Waals surface area contributed by atoms with Crippen LogP contribution >= 0.6 is 23.2 Å². The van der Waals surface area contributed by atoms with Crippen molar-refractivity contribution in [3.8, 4) is 0 Å². The Morgan fingerprint density at radius 1 is 1.10 bits per heavy atom. The zero-order valence-electron chi connectivity index (χ0n) is 16.5. The maximum Gasteiger partial charge on any atom is 0.239 e. The molecule has 10 heteroatoms. The lowest BCUT2D eigenvalue weighted by Gasteiger charge is -2.28. The van der Waals surface area contributed by atoms with E-state index >= 15 is 0 Å². The number of aromatic nitrogens is 1. The van der Waals surface area contributed by atoms with Gasteiger partial charge in [-0.3, -0.25) is 14.5 Å². The molecule has 0 radical (unpaired) electrons. The molecule has 0 spiro atoms. The second-order valence-corrected chi connectivity index (χ2v) is 7.74. The molecule has 30 heavy (non-hydrogen) atoms. The van der Waals surface area contributed by atoms with Gasteiger partial charge in [-0.2, -0.15) is 0 Å². The Morgan fingerprint density at radius 3 is 2.37 bits per heavy atom. The molecule has 8 nitrogen and oxygen atoms in total. The number of hydrogen-bond acceptors (Lipinski definition) is 6. The van der Waals surface area contributed by atoms with E-state index in [-0.39, 0.29) is 35.7 Å². The van der Waals surface area contributed by atoms with Crippen molar-refractivity contribution in [1.29, 1.82) is 0 Å². The van der Waals surface area contributed by atoms with Crippen LogP contribution in [0.25, 0.3) is 0 Å². The number of nitrogens with one attached hydrogen (secondary N) is 2. The molecule has 2 amide bonds. The van der Waals surface area contributed by atoms with Crippen LogP contribution in [0.5, 0.6) is 0 Å². The largest absolute Gasteiger partial charge is 0.378 e. The first-order valence-corrected chi connectivity index (χ1v) is 10.2. The van der Waals surface area contributed by atoms with Crippen LogP contribution in [-0.4, -0.2) is 68.1 Å². The summed E-state index contributed by atoms with van der Waals surface area (Å²) in [5.41, 5.74) is 1.80. The molecule has 2 aromatic rings.